The van der Waals surface area contributed by atoms with Gasteiger partial charge in [0.15, 0.2) is 5.13 Å². The fraction of sp³-hybridized carbons (Fsp3) is 0.733. The fourth-order valence-electron chi connectivity index (χ4n) is 2.36. The van der Waals surface area contributed by atoms with Crippen molar-refractivity contribution < 1.29 is 14.6 Å². The van der Waals surface area contributed by atoms with Gasteiger partial charge in [-0.3, -0.25) is 9.69 Å². The molecule has 1 amide bonds. The maximum Gasteiger partial charge on any atom is 0.240 e. The van der Waals surface area contributed by atoms with Crippen molar-refractivity contribution in [1.82, 2.24) is 9.88 Å². The maximum absolute atomic E-state index is 12.2. The number of amides is 1. The molecule has 22 heavy (non-hydrogen) atoms. The molecule has 6 nitrogen and oxygen atoms in total. The first-order chi connectivity index (χ1) is 10.3. The summed E-state index contributed by atoms with van der Waals surface area (Å²) in [6.07, 6.45) is -0.528. The number of aliphatic hydroxyl groups is 1. The molecule has 1 aliphatic rings. The number of ether oxygens (including phenoxy) is 1. The molecule has 2 N–H and O–H groups in total. The summed E-state index contributed by atoms with van der Waals surface area (Å²) < 4.78 is 5.26. The quantitative estimate of drug-likeness (QED) is 0.856. The number of aromatic nitrogens is 1. The maximum atomic E-state index is 12.2. The molecule has 2 atom stereocenters. The molecule has 1 saturated heterocycles. The Morgan fingerprint density at radius 1 is 1.55 bits per heavy atom. The molecule has 1 aromatic rings. The van der Waals surface area contributed by atoms with E-state index >= 15 is 0 Å². The summed E-state index contributed by atoms with van der Waals surface area (Å²) in [5.41, 5.74) is 0.944. The predicted octanol–water partition coefficient (Wildman–Crippen LogP) is 1.46. The molecule has 0 aromatic carbocycles. The highest BCUT2D eigenvalue weighted by atomic mass is 32.1. The van der Waals surface area contributed by atoms with Crippen LogP contribution >= 0.6 is 11.3 Å². The van der Waals surface area contributed by atoms with Gasteiger partial charge in [0.1, 0.15) is 0 Å². The van der Waals surface area contributed by atoms with Crippen LogP contribution < -0.4 is 5.32 Å². The van der Waals surface area contributed by atoms with E-state index in [1.54, 1.807) is 0 Å². The number of hydrogen-bond acceptors (Lipinski definition) is 6. The van der Waals surface area contributed by atoms with Gasteiger partial charge in [-0.2, -0.15) is 0 Å². The van der Waals surface area contributed by atoms with E-state index in [0.29, 0.717) is 24.9 Å². The molecule has 0 aliphatic carbocycles. The second kappa shape index (κ2) is 7.04. The largest absolute Gasteiger partial charge is 0.389 e. The minimum atomic E-state index is -0.528. The number of hydrogen-bond donors (Lipinski definition) is 2. The molecular weight excluding hydrogens is 302 g/mol. The molecular formula is C15H25N3O3S. The van der Waals surface area contributed by atoms with Gasteiger partial charge in [0.05, 0.1) is 37.6 Å². The first kappa shape index (κ1) is 17.3. The highest BCUT2D eigenvalue weighted by molar-refractivity contribution is 7.13. The average Bonchev–Trinajstić information content (AvgIpc) is 3.04. The van der Waals surface area contributed by atoms with Crippen molar-refractivity contribution in [2.45, 2.75) is 45.3 Å². The summed E-state index contributed by atoms with van der Waals surface area (Å²) in [5, 5.41) is 15.3. The van der Waals surface area contributed by atoms with Crippen LogP contribution in [0.5, 0.6) is 0 Å². The monoisotopic (exact) mass is 327 g/mol. The molecule has 0 unspecified atom stereocenters. The van der Waals surface area contributed by atoms with E-state index < -0.39 is 6.10 Å². The van der Waals surface area contributed by atoms with Gasteiger partial charge < -0.3 is 15.2 Å². The number of carbonyl (C=O) groups excluding carboxylic acids is 1. The zero-order chi connectivity index (χ0) is 16.3. The molecule has 2 rings (SSSR count). The Labute approximate surface area is 135 Å². The van der Waals surface area contributed by atoms with Gasteiger partial charge in [-0.1, -0.05) is 27.7 Å². The van der Waals surface area contributed by atoms with E-state index in [4.69, 9.17) is 4.74 Å². The molecule has 1 aliphatic heterocycles. The van der Waals surface area contributed by atoms with Crippen molar-refractivity contribution in [3.63, 3.8) is 0 Å². The fourth-order valence-corrected chi connectivity index (χ4v) is 3.32. The van der Waals surface area contributed by atoms with Gasteiger partial charge in [-0.15, -0.1) is 11.3 Å². The molecule has 2 heterocycles. The summed E-state index contributed by atoms with van der Waals surface area (Å²) in [7, 11) is 0. The lowest BCUT2D eigenvalue weighted by atomic mass is 9.93. The third kappa shape index (κ3) is 4.25. The van der Waals surface area contributed by atoms with Crippen molar-refractivity contribution in [2.24, 2.45) is 0 Å². The molecule has 7 heteroatoms. The first-order valence-electron chi connectivity index (χ1n) is 7.57. The van der Waals surface area contributed by atoms with E-state index in [-0.39, 0.29) is 23.9 Å². The van der Waals surface area contributed by atoms with Gasteiger partial charge in [0.25, 0.3) is 0 Å². The smallest absolute Gasteiger partial charge is 0.240 e. The Balaban J connectivity index is 1.93. The summed E-state index contributed by atoms with van der Waals surface area (Å²) in [6, 6.07) is -0.114. The van der Waals surface area contributed by atoms with E-state index in [1.807, 2.05) is 17.2 Å². The SMILES string of the molecule is CCN(CC(=O)Nc1nc(C(C)(C)C)cs1)[C@H]1COC[C@@H]1O. The molecule has 0 bridgehead atoms. The Bertz CT molecular complexity index is 512. The van der Waals surface area contributed by atoms with Gasteiger partial charge in [-0.25, -0.2) is 4.98 Å². The summed E-state index contributed by atoms with van der Waals surface area (Å²) in [4.78, 5) is 18.6. The van der Waals surface area contributed by atoms with Gasteiger partial charge in [0.2, 0.25) is 5.91 Å². The molecule has 0 spiro atoms. The molecule has 0 saturated carbocycles. The van der Waals surface area contributed by atoms with Crippen molar-refractivity contribution in [1.29, 1.82) is 0 Å². The lowest BCUT2D eigenvalue weighted by Crippen LogP contribution is -2.46. The third-order valence-electron chi connectivity index (χ3n) is 3.76. The second-order valence-electron chi connectivity index (χ2n) is 6.57. The minimum absolute atomic E-state index is 0.0276. The van der Waals surface area contributed by atoms with Crippen LogP contribution in [0.3, 0.4) is 0 Å². The standard InChI is InChI=1S/C15H25N3O3S/c1-5-18(10-7-21-8-11(10)19)6-13(20)17-14-16-12(9-22-14)15(2,3)4/h9-11,19H,5-8H2,1-4H3,(H,16,17,20)/t10-,11-/m0/s1. The van der Waals surface area contributed by atoms with Crippen molar-refractivity contribution >= 4 is 22.4 Å². The number of nitrogens with one attached hydrogen (secondary N) is 1. The van der Waals surface area contributed by atoms with Crippen LogP contribution in [0.15, 0.2) is 5.38 Å². The zero-order valence-corrected chi connectivity index (χ0v) is 14.4. The summed E-state index contributed by atoms with van der Waals surface area (Å²) in [5.74, 6) is -0.115. The zero-order valence-electron chi connectivity index (χ0n) is 13.6. The number of aliphatic hydroxyl groups excluding tert-OH is 1. The topological polar surface area (TPSA) is 74.7 Å². The van der Waals surface area contributed by atoms with E-state index in [9.17, 15) is 9.90 Å². The number of carbonyl (C=O) groups is 1. The van der Waals surface area contributed by atoms with Crippen LogP contribution in [-0.2, 0) is 14.9 Å². The highest BCUT2D eigenvalue weighted by Gasteiger charge is 2.32. The van der Waals surface area contributed by atoms with Crippen LogP contribution in [0.2, 0.25) is 0 Å². The number of nitrogens with zero attached hydrogens (tertiary/aromatic N) is 2. The Hall–Kier alpha value is -1.02. The highest BCUT2D eigenvalue weighted by Crippen LogP contribution is 2.26. The molecule has 1 fully saturated rings. The first-order valence-corrected chi connectivity index (χ1v) is 8.45. The van der Waals surface area contributed by atoms with Crippen LogP contribution in [-0.4, -0.2) is 59.3 Å². The van der Waals surface area contributed by atoms with Crippen LogP contribution in [0.4, 0.5) is 5.13 Å². The van der Waals surface area contributed by atoms with Crippen LogP contribution in [0.25, 0.3) is 0 Å². The van der Waals surface area contributed by atoms with Crippen molar-refractivity contribution in [3.8, 4) is 0 Å². The normalized spacial score (nSPS) is 22.3. The lowest BCUT2D eigenvalue weighted by Gasteiger charge is -2.27. The van der Waals surface area contributed by atoms with Gasteiger partial charge >= 0.3 is 0 Å². The Morgan fingerprint density at radius 3 is 2.77 bits per heavy atom. The van der Waals surface area contributed by atoms with E-state index in [0.717, 1.165) is 5.69 Å². The van der Waals surface area contributed by atoms with E-state index in [2.05, 4.69) is 31.1 Å². The summed E-state index contributed by atoms with van der Waals surface area (Å²) >= 11 is 1.44. The predicted molar refractivity (Wildman–Crippen MR) is 87.3 cm³/mol. The van der Waals surface area contributed by atoms with Gasteiger partial charge in [0, 0.05) is 10.8 Å². The number of anilines is 1. The summed E-state index contributed by atoms with van der Waals surface area (Å²) in [6.45, 7) is 9.96. The van der Waals surface area contributed by atoms with Gasteiger partial charge in [-0.05, 0) is 6.54 Å². The number of rotatable bonds is 5. The minimum Gasteiger partial charge on any atom is -0.389 e. The Kier molecular flexibility index (Phi) is 5.55. The second-order valence-corrected chi connectivity index (χ2v) is 7.43. The average molecular weight is 327 g/mol. The van der Waals surface area contributed by atoms with Crippen molar-refractivity contribution in [2.75, 3.05) is 31.6 Å². The number of likely N-dealkylation sites (N-methyl/N-ethyl adjacent to an activating group) is 1. The molecule has 124 valence electrons. The lowest BCUT2D eigenvalue weighted by molar-refractivity contribution is -0.118. The Morgan fingerprint density at radius 2 is 2.27 bits per heavy atom. The van der Waals surface area contributed by atoms with Crippen molar-refractivity contribution in [3.05, 3.63) is 11.1 Å². The third-order valence-corrected chi connectivity index (χ3v) is 4.52. The van der Waals surface area contributed by atoms with Crippen LogP contribution in [0.1, 0.15) is 33.4 Å². The number of thiazole rings is 1. The van der Waals surface area contributed by atoms with E-state index in [1.165, 1.54) is 11.3 Å². The molecule has 1 aromatic heterocycles. The molecule has 0 radical (unpaired) electrons. The van der Waals surface area contributed by atoms with Crippen LogP contribution in [0, 0.1) is 0 Å².